The van der Waals surface area contributed by atoms with E-state index in [9.17, 15) is 9.59 Å². The van der Waals surface area contributed by atoms with E-state index in [1.54, 1.807) is 13.2 Å². The maximum absolute atomic E-state index is 12.2. The molecule has 134 valence electrons. The predicted octanol–water partition coefficient (Wildman–Crippen LogP) is 3.20. The Bertz CT molecular complexity index is 995. The third-order valence-corrected chi connectivity index (χ3v) is 4.11. The second-order valence-corrected chi connectivity index (χ2v) is 6.14. The number of H-pyrrole nitrogens is 1. The minimum atomic E-state index is -0.153. The predicted molar refractivity (Wildman–Crippen MR) is 102 cm³/mol. The summed E-state index contributed by atoms with van der Waals surface area (Å²) >= 11 is 0. The highest BCUT2D eigenvalue weighted by molar-refractivity contribution is 5.92. The van der Waals surface area contributed by atoms with Crippen LogP contribution in [0.5, 0.6) is 5.75 Å². The first kappa shape index (κ1) is 17.7. The lowest BCUT2D eigenvalue weighted by atomic mass is 10.2. The smallest absolute Gasteiger partial charge is 0.258 e. The Labute approximate surface area is 151 Å². The van der Waals surface area contributed by atoms with E-state index >= 15 is 0 Å². The van der Waals surface area contributed by atoms with Gasteiger partial charge in [-0.3, -0.25) is 9.59 Å². The van der Waals surface area contributed by atoms with Gasteiger partial charge in [0, 0.05) is 12.8 Å². The number of rotatable bonds is 6. The number of hydrogen-bond donors (Lipinski definition) is 2. The quantitative estimate of drug-likeness (QED) is 0.714. The van der Waals surface area contributed by atoms with Crippen LogP contribution < -0.4 is 15.6 Å². The average molecular weight is 351 g/mol. The molecular weight excluding hydrogens is 330 g/mol. The molecular formula is C20H21N3O3. The van der Waals surface area contributed by atoms with Crippen LogP contribution in [0.25, 0.3) is 10.9 Å². The fourth-order valence-electron chi connectivity index (χ4n) is 2.80. The molecule has 1 aromatic heterocycles. The van der Waals surface area contributed by atoms with Crippen molar-refractivity contribution in [1.29, 1.82) is 0 Å². The van der Waals surface area contributed by atoms with Gasteiger partial charge in [0.15, 0.2) is 0 Å². The second kappa shape index (κ2) is 7.82. The molecule has 1 amide bonds. The summed E-state index contributed by atoms with van der Waals surface area (Å²) in [5, 5.41) is 3.44. The number of anilines is 1. The molecule has 6 heteroatoms. The number of fused-ring (bicyclic) bond motifs is 1. The van der Waals surface area contributed by atoms with Crippen molar-refractivity contribution < 1.29 is 9.53 Å². The van der Waals surface area contributed by atoms with Gasteiger partial charge in [-0.1, -0.05) is 18.2 Å². The molecule has 0 atom stereocenters. The van der Waals surface area contributed by atoms with E-state index in [0.29, 0.717) is 47.4 Å². The monoisotopic (exact) mass is 351 g/mol. The first-order valence-corrected chi connectivity index (χ1v) is 8.49. The number of methoxy groups -OCH3 is 1. The highest BCUT2D eigenvalue weighted by atomic mass is 16.5. The normalized spacial score (nSPS) is 10.7. The van der Waals surface area contributed by atoms with Crippen molar-refractivity contribution in [3.63, 3.8) is 0 Å². The number of carbonyl (C=O) groups is 1. The van der Waals surface area contributed by atoms with Crippen molar-refractivity contribution in [1.82, 2.24) is 9.97 Å². The SMILES string of the molecule is COc1ccc(C)cc1NC(=O)CCCc1nc2ccccc2c(=O)[nH]1. The Morgan fingerprint density at radius 2 is 2.04 bits per heavy atom. The second-order valence-electron chi connectivity index (χ2n) is 6.14. The van der Waals surface area contributed by atoms with Gasteiger partial charge in [-0.05, 0) is 43.2 Å². The summed E-state index contributed by atoms with van der Waals surface area (Å²) in [6, 6.07) is 12.8. The van der Waals surface area contributed by atoms with Gasteiger partial charge < -0.3 is 15.0 Å². The van der Waals surface area contributed by atoms with Crippen LogP contribution in [0.2, 0.25) is 0 Å². The lowest BCUT2D eigenvalue weighted by molar-refractivity contribution is -0.116. The summed E-state index contributed by atoms with van der Waals surface area (Å²) in [5.74, 6) is 1.12. The zero-order valence-electron chi connectivity index (χ0n) is 14.8. The van der Waals surface area contributed by atoms with Crippen LogP contribution >= 0.6 is 0 Å². The number of nitrogens with one attached hydrogen (secondary N) is 2. The highest BCUT2D eigenvalue weighted by Gasteiger charge is 2.09. The lowest BCUT2D eigenvalue weighted by Gasteiger charge is -2.11. The molecule has 0 unspecified atom stereocenters. The number of aromatic nitrogens is 2. The number of amides is 1. The van der Waals surface area contributed by atoms with Gasteiger partial charge in [-0.25, -0.2) is 4.98 Å². The summed E-state index contributed by atoms with van der Waals surface area (Å²) in [6.07, 6.45) is 1.44. The van der Waals surface area contributed by atoms with E-state index in [4.69, 9.17) is 4.74 Å². The first-order valence-electron chi connectivity index (χ1n) is 8.49. The minimum absolute atomic E-state index is 0.1000. The van der Waals surface area contributed by atoms with Gasteiger partial charge in [0.25, 0.3) is 5.56 Å². The van der Waals surface area contributed by atoms with E-state index in [2.05, 4.69) is 15.3 Å². The number of aromatic amines is 1. The molecule has 0 aliphatic carbocycles. The molecule has 0 bridgehead atoms. The van der Waals surface area contributed by atoms with Gasteiger partial charge >= 0.3 is 0 Å². The fraction of sp³-hybridized carbons (Fsp3) is 0.250. The van der Waals surface area contributed by atoms with Crippen LogP contribution in [0.4, 0.5) is 5.69 Å². The van der Waals surface area contributed by atoms with E-state index in [1.165, 1.54) is 0 Å². The number of aryl methyl sites for hydroxylation is 2. The maximum Gasteiger partial charge on any atom is 0.258 e. The van der Waals surface area contributed by atoms with Crippen molar-refractivity contribution >= 4 is 22.5 Å². The summed E-state index contributed by atoms with van der Waals surface area (Å²) in [7, 11) is 1.57. The van der Waals surface area contributed by atoms with Crippen LogP contribution in [0.15, 0.2) is 47.3 Å². The number of benzene rings is 2. The van der Waals surface area contributed by atoms with Crippen molar-refractivity contribution in [2.45, 2.75) is 26.2 Å². The zero-order valence-corrected chi connectivity index (χ0v) is 14.8. The number of nitrogens with zero attached hydrogens (tertiary/aromatic N) is 1. The highest BCUT2D eigenvalue weighted by Crippen LogP contribution is 2.25. The maximum atomic E-state index is 12.2. The van der Waals surface area contributed by atoms with Gasteiger partial charge in [-0.15, -0.1) is 0 Å². The van der Waals surface area contributed by atoms with Crippen LogP contribution in [0.3, 0.4) is 0 Å². The summed E-state index contributed by atoms with van der Waals surface area (Å²) in [5.41, 5.74) is 2.22. The summed E-state index contributed by atoms with van der Waals surface area (Å²) in [6.45, 7) is 1.96. The Kier molecular flexibility index (Phi) is 5.31. The van der Waals surface area contributed by atoms with Crippen LogP contribution in [0, 0.1) is 6.92 Å². The Balaban J connectivity index is 1.61. The van der Waals surface area contributed by atoms with E-state index in [1.807, 2.05) is 43.3 Å². The molecule has 0 aliphatic rings. The fourth-order valence-corrected chi connectivity index (χ4v) is 2.80. The minimum Gasteiger partial charge on any atom is -0.495 e. The average Bonchev–Trinajstić information content (AvgIpc) is 2.62. The summed E-state index contributed by atoms with van der Waals surface area (Å²) < 4.78 is 5.26. The van der Waals surface area contributed by atoms with E-state index < -0.39 is 0 Å². The largest absolute Gasteiger partial charge is 0.495 e. The van der Waals surface area contributed by atoms with E-state index in [-0.39, 0.29) is 11.5 Å². The first-order chi connectivity index (χ1) is 12.6. The Morgan fingerprint density at radius 3 is 2.85 bits per heavy atom. The lowest BCUT2D eigenvalue weighted by Crippen LogP contribution is -2.14. The molecule has 6 nitrogen and oxygen atoms in total. The number of ether oxygens (including phenoxy) is 1. The molecule has 0 aliphatic heterocycles. The zero-order chi connectivity index (χ0) is 18.5. The molecule has 0 radical (unpaired) electrons. The van der Waals surface area contributed by atoms with E-state index in [0.717, 1.165) is 5.56 Å². The standard InChI is InChI=1S/C20H21N3O3/c1-13-10-11-17(26-2)16(12-13)22-19(24)9-5-8-18-21-15-7-4-3-6-14(15)20(25)23-18/h3-4,6-7,10-12H,5,8-9H2,1-2H3,(H,22,24)(H,21,23,25). The molecule has 0 saturated heterocycles. The molecule has 3 aromatic rings. The Hall–Kier alpha value is -3.15. The molecule has 3 rings (SSSR count). The van der Waals surface area contributed by atoms with Gasteiger partial charge in [0.05, 0.1) is 23.7 Å². The third-order valence-electron chi connectivity index (χ3n) is 4.11. The number of hydrogen-bond acceptors (Lipinski definition) is 4. The summed E-state index contributed by atoms with van der Waals surface area (Å²) in [4.78, 5) is 31.5. The van der Waals surface area contributed by atoms with Crippen molar-refractivity contribution in [3.05, 3.63) is 64.2 Å². The van der Waals surface area contributed by atoms with Crippen molar-refractivity contribution in [2.75, 3.05) is 12.4 Å². The third kappa shape index (κ3) is 4.08. The van der Waals surface area contributed by atoms with Gasteiger partial charge in [-0.2, -0.15) is 0 Å². The molecule has 0 saturated carbocycles. The Morgan fingerprint density at radius 1 is 1.23 bits per heavy atom. The molecule has 26 heavy (non-hydrogen) atoms. The van der Waals surface area contributed by atoms with Gasteiger partial charge in [0.1, 0.15) is 11.6 Å². The van der Waals surface area contributed by atoms with Gasteiger partial charge in [0.2, 0.25) is 5.91 Å². The van der Waals surface area contributed by atoms with Crippen molar-refractivity contribution in [3.8, 4) is 5.75 Å². The van der Waals surface area contributed by atoms with Crippen LogP contribution in [-0.4, -0.2) is 23.0 Å². The molecule has 2 aromatic carbocycles. The number of carbonyl (C=O) groups excluding carboxylic acids is 1. The number of para-hydroxylation sites is 1. The molecule has 2 N–H and O–H groups in total. The van der Waals surface area contributed by atoms with Crippen LogP contribution in [0.1, 0.15) is 24.2 Å². The van der Waals surface area contributed by atoms with Crippen LogP contribution in [-0.2, 0) is 11.2 Å². The van der Waals surface area contributed by atoms with Crippen molar-refractivity contribution in [2.24, 2.45) is 0 Å². The topological polar surface area (TPSA) is 84.1 Å². The molecule has 0 spiro atoms. The molecule has 1 heterocycles. The molecule has 0 fully saturated rings.